The Morgan fingerprint density at radius 1 is 1.16 bits per heavy atom. The van der Waals surface area contributed by atoms with Gasteiger partial charge in [-0.05, 0) is 24.6 Å². The third kappa shape index (κ3) is 4.18. The van der Waals surface area contributed by atoms with Crippen molar-refractivity contribution in [2.24, 2.45) is 0 Å². The average Bonchev–Trinajstić information content (AvgIpc) is 3.16. The van der Waals surface area contributed by atoms with Crippen LogP contribution in [0.4, 0.5) is 13.2 Å². The topological polar surface area (TPSA) is 80.4 Å². The molecule has 0 saturated heterocycles. The Labute approximate surface area is 181 Å². The fourth-order valence-electron chi connectivity index (χ4n) is 3.02. The monoisotopic (exact) mass is 467 g/mol. The number of alkyl halides is 3. The summed E-state index contributed by atoms with van der Waals surface area (Å²) in [7, 11) is -3.48. The molecule has 4 aromatic rings. The first-order valence-corrected chi connectivity index (χ1v) is 11.1. The molecule has 0 spiro atoms. The van der Waals surface area contributed by atoms with Crippen molar-refractivity contribution < 1.29 is 21.9 Å². The number of rotatable bonds is 4. The summed E-state index contributed by atoms with van der Waals surface area (Å²) < 4.78 is 63.6. The summed E-state index contributed by atoms with van der Waals surface area (Å²) in [4.78, 5) is 12.0. The molecule has 11 heteroatoms. The van der Waals surface area contributed by atoms with E-state index in [1.165, 1.54) is 22.9 Å². The quantitative estimate of drug-likeness (QED) is 0.402. The zero-order valence-corrected chi connectivity index (χ0v) is 17.5. The summed E-state index contributed by atoms with van der Waals surface area (Å²) in [5.41, 5.74) is 0.446. The molecule has 1 N–H and O–H groups in total. The Hall–Kier alpha value is -2.82. The molecule has 31 heavy (non-hydrogen) atoms. The van der Waals surface area contributed by atoms with Crippen molar-refractivity contribution in [3.05, 3.63) is 65.8 Å². The fraction of sp³-hybridized carbons (Fsp3) is 0.150. The van der Waals surface area contributed by atoms with E-state index >= 15 is 0 Å². The number of hydrogen-bond acceptors (Lipinski definition) is 4. The van der Waals surface area contributed by atoms with Crippen LogP contribution in [0.3, 0.4) is 0 Å². The van der Waals surface area contributed by atoms with Gasteiger partial charge in [0.15, 0.2) is 0 Å². The highest BCUT2D eigenvalue weighted by Crippen LogP contribution is 2.34. The van der Waals surface area contributed by atoms with Crippen LogP contribution in [-0.4, -0.2) is 29.7 Å². The van der Waals surface area contributed by atoms with E-state index in [-0.39, 0.29) is 27.7 Å². The van der Waals surface area contributed by atoms with Crippen molar-refractivity contribution in [1.29, 1.82) is 0 Å². The number of halogens is 4. The number of aromatic nitrogens is 4. The number of benzene rings is 1. The van der Waals surface area contributed by atoms with Gasteiger partial charge in [-0.25, -0.2) is 15.0 Å². The van der Waals surface area contributed by atoms with Crippen LogP contribution in [0.25, 0.3) is 28.2 Å². The molecule has 0 aliphatic heterocycles. The van der Waals surface area contributed by atoms with Crippen LogP contribution in [0.15, 0.2) is 60.0 Å². The van der Waals surface area contributed by atoms with Gasteiger partial charge in [0.2, 0.25) is 15.1 Å². The van der Waals surface area contributed by atoms with Gasteiger partial charge in [0, 0.05) is 35.1 Å². The molecule has 4 rings (SSSR count). The minimum absolute atomic E-state index is 0.00932. The van der Waals surface area contributed by atoms with Crippen LogP contribution in [0.2, 0.25) is 5.02 Å². The first-order valence-electron chi connectivity index (χ1n) is 9.01. The van der Waals surface area contributed by atoms with Gasteiger partial charge in [-0.1, -0.05) is 27.9 Å². The second-order valence-corrected chi connectivity index (χ2v) is 9.41. The number of hydrogen-bond donors (Lipinski definition) is 1. The summed E-state index contributed by atoms with van der Waals surface area (Å²) >= 11 is 6.04. The van der Waals surface area contributed by atoms with E-state index < -0.39 is 22.1 Å². The van der Waals surface area contributed by atoms with E-state index in [4.69, 9.17) is 11.6 Å². The molecule has 0 bridgehead atoms. The first kappa shape index (κ1) is 21.4. The minimum atomic E-state index is -4.61. The molecule has 1 aromatic carbocycles. The molecule has 6 nitrogen and oxygen atoms in total. The van der Waals surface area contributed by atoms with Crippen molar-refractivity contribution in [3.63, 3.8) is 0 Å². The maximum atomic E-state index is 13.0. The van der Waals surface area contributed by atoms with Gasteiger partial charge >= 0.3 is 6.18 Å². The molecule has 1 atom stereocenters. The van der Waals surface area contributed by atoms with Gasteiger partial charge in [-0.15, -0.1) is 0 Å². The first-order chi connectivity index (χ1) is 14.6. The number of nitrogens with zero attached hydrogens (tertiary/aromatic N) is 4. The summed E-state index contributed by atoms with van der Waals surface area (Å²) in [6.07, 6.45) is -0.708. The van der Waals surface area contributed by atoms with Crippen molar-refractivity contribution in [3.8, 4) is 22.5 Å². The summed E-state index contributed by atoms with van der Waals surface area (Å²) in [6.45, 7) is 1.56. The molecule has 0 aliphatic rings. The predicted molar refractivity (Wildman–Crippen MR) is 111 cm³/mol. The molecule has 3 heterocycles. The minimum Gasteiger partial charge on any atom is -0.290 e. The number of pyridine rings is 1. The predicted octanol–water partition coefficient (Wildman–Crippen LogP) is 5.48. The maximum absolute atomic E-state index is 13.0. The van der Waals surface area contributed by atoms with Crippen LogP contribution in [0.1, 0.15) is 12.6 Å². The van der Waals surface area contributed by atoms with E-state index in [1.807, 2.05) is 0 Å². The number of imidazole rings is 1. The normalized spacial score (nSPS) is 14.0. The Morgan fingerprint density at radius 2 is 1.94 bits per heavy atom. The third-order valence-electron chi connectivity index (χ3n) is 4.63. The van der Waals surface area contributed by atoms with Gasteiger partial charge in [0.1, 0.15) is 34.8 Å². The second-order valence-electron chi connectivity index (χ2n) is 6.67. The highest BCUT2D eigenvalue weighted by molar-refractivity contribution is 7.97. The van der Waals surface area contributed by atoms with Gasteiger partial charge in [0.05, 0.1) is 0 Å². The van der Waals surface area contributed by atoms with Crippen LogP contribution in [0.5, 0.6) is 0 Å². The standard InChI is InChI=1S/C20H14ClF3N4O2S/c1-2-31(29,30)16-7-13(12-4-3-5-14(21)6-12)9-25-19(16)15-10-28-11-26-17(20(22,23)24)8-18(28)27-15/h3-11H,2H2,1H3/p+1. The SMILES string of the molecule is CC[S+](=O)(O)c1cc(-c2cccc(Cl)c2)cnc1-c1cn2cnc(C(F)(F)F)cc2n1. The molecular weight excluding hydrogens is 453 g/mol. The third-order valence-corrected chi connectivity index (χ3v) is 6.64. The van der Waals surface area contributed by atoms with Crippen LogP contribution in [0, 0.1) is 0 Å². The largest absolute Gasteiger partial charge is 0.433 e. The lowest BCUT2D eigenvalue weighted by Crippen LogP contribution is -2.14. The van der Waals surface area contributed by atoms with E-state index in [0.29, 0.717) is 16.1 Å². The zero-order valence-electron chi connectivity index (χ0n) is 16.0. The van der Waals surface area contributed by atoms with E-state index in [2.05, 4.69) is 15.0 Å². The lowest BCUT2D eigenvalue weighted by Gasteiger charge is -2.09. The van der Waals surface area contributed by atoms with Crippen molar-refractivity contribution in [1.82, 2.24) is 19.4 Å². The van der Waals surface area contributed by atoms with E-state index in [0.717, 1.165) is 12.4 Å². The van der Waals surface area contributed by atoms with Crippen LogP contribution < -0.4 is 0 Å². The maximum Gasteiger partial charge on any atom is 0.433 e. The molecule has 0 fully saturated rings. The van der Waals surface area contributed by atoms with E-state index in [1.54, 1.807) is 31.2 Å². The lowest BCUT2D eigenvalue weighted by atomic mass is 10.1. The molecule has 1 unspecified atom stereocenters. The zero-order chi connectivity index (χ0) is 22.4. The van der Waals surface area contributed by atoms with Crippen LogP contribution >= 0.6 is 11.6 Å². The highest BCUT2D eigenvalue weighted by Gasteiger charge is 2.35. The molecular formula is C20H15ClF3N4O2S+. The van der Waals surface area contributed by atoms with Gasteiger partial charge in [-0.3, -0.25) is 4.40 Å². The van der Waals surface area contributed by atoms with E-state index in [9.17, 15) is 21.9 Å². The summed E-state index contributed by atoms with van der Waals surface area (Å²) in [5, 5.41) is 0.497. The molecule has 0 saturated carbocycles. The van der Waals surface area contributed by atoms with Crippen molar-refractivity contribution >= 4 is 27.5 Å². The second kappa shape index (κ2) is 7.70. The van der Waals surface area contributed by atoms with Crippen molar-refractivity contribution in [2.45, 2.75) is 18.0 Å². The molecule has 0 radical (unpaired) electrons. The van der Waals surface area contributed by atoms with Crippen LogP contribution in [-0.2, 0) is 20.6 Å². The Morgan fingerprint density at radius 3 is 2.61 bits per heavy atom. The Balaban J connectivity index is 1.88. The molecule has 0 amide bonds. The smallest absolute Gasteiger partial charge is 0.290 e. The summed E-state index contributed by atoms with van der Waals surface area (Å²) in [5.74, 6) is -0.0756. The average molecular weight is 468 g/mol. The fourth-order valence-corrected chi connectivity index (χ4v) is 4.29. The van der Waals surface area contributed by atoms with Gasteiger partial charge in [-0.2, -0.15) is 17.7 Å². The molecule has 160 valence electrons. The highest BCUT2D eigenvalue weighted by atomic mass is 35.5. The Bertz CT molecular complexity index is 1340. The Kier molecular flexibility index (Phi) is 5.32. The van der Waals surface area contributed by atoms with Gasteiger partial charge < -0.3 is 0 Å². The molecule has 0 aliphatic carbocycles. The number of fused-ring (bicyclic) bond motifs is 1. The lowest BCUT2D eigenvalue weighted by molar-refractivity contribution is -0.141. The van der Waals surface area contributed by atoms with Crippen molar-refractivity contribution in [2.75, 3.05) is 5.75 Å². The summed E-state index contributed by atoms with van der Waals surface area (Å²) in [6, 6.07) is 9.27. The van der Waals surface area contributed by atoms with Gasteiger partial charge in [0.25, 0.3) is 0 Å². The molecule has 3 aromatic heterocycles.